The van der Waals surface area contributed by atoms with Crippen LogP contribution in [0.15, 0.2) is 78.9 Å². The van der Waals surface area contributed by atoms with Crippen molar-refractivity contribution in [3.63, 3.8) is 0 Å². The molecule has 2 atom stereocenters. The Kier molecular flexibility index (Phi) is 6.59. The molecule has 0 spiro atoms. The van der Waals surface area contributed by atoms with Crippen molar-refractivity contribution < 1.29 is 18.9 Å². The lowest BCUT2D eigenvalue weighted by Gasteiger charge is -2.38. The van der Waals surface area contributed by atoms with Crippen LogP contribution in [0.1, 0.15) is 46.4 Å². The van der Waals surface area contributed by atoms with Gasteiger partial charge >= 0.3 is 0 Å². The maximum Gasteiger partial charge on any atom is 0.270 e. The molecular formula is C29H25FN4O4. The molecule has 2 heterocycles. The summed E-state index contributed by atoms with van der Waals surface area (Å²) >= 11 is 0. The molecule has 0 saturated heterocycles. The van der Waals surface area contributed by atoms with Crippen LogP contribution in [0.2, 0.25) is 0 Å². The third kappa shape index (κ3) is 4.36. The molecule has 0 radical (unpaired) electrons. The highest BCUT2D eigenvalue weighted by molar-refractivity contribution is 6.04. The first kappa shape index (κ1) is 25.0. The van der Waals surface area contributed by atoms with Gasteiger partial charge in [0.1, 0.15) is 11.6 Å². The van der Waals surface area contributed by atoms with Crippen LogP contribution in [0, 0.1) is 28.8 Å². The van der Waals surface area contributed by atoms with Crippen LogP contribution in [-0.4, -0.2) is 32.9 Å². The number of nitro benzene ring substituents is 1. The number of hydrogen-bond donors (Lipinski definition) is 0. The molecule has 0 bridgehead atoms. The third-order valence-corrected chi connectivity index (χ3v) is 6.96. The summed E-state index contributed by atoms with van der Waals surface area (Å²) in [6.07, 6.45) is -0.173. The van der Waals surface area contributed by atoms with E-state index in [2.05, 4.69) is 0 Å². The molecule has 1 aromatic heterocycles. The Labute approximate surface area is 218 Å². The summed E-state index contributed by atoms with van der Waals surface area (Å²) in [5.41, 5.74) is 2.92. The van der Waals surface area contributed by atoms with Crippen LogP contribution in [0.25, 0.3) is 5.69 Å². The van der Waals surface area contributed by atoms with Gasteiger partial charge in [-0.2, -0.15) is 5.10 Å². The van der Waals surface area contributed by atoms with Crippen molar-refractivity contribution in [2.45, 2.75) is 26.2 Å². The molecule has 0 unspecified atom stereocenters. The maximum atomic E-state index is 14.1. The number of non-ortho nitro benzene ring substituents is 1. The molecule has 1 aliphatic rings. The molecule has 1 amide bonds. The van der Waals surface area contributed by atoms with Crippen molar-refractivity contribution in [1.29, 1.82) is 0 Å². The fraction of sp³-hybridized carbons (Fsp3) is 0.207. The first-order chi connectivity index (χ1) is 18.3. The number of carbonyl (C=O) groups is 2. The average molecular weight is 513 g/mol. The minimum absolute atomic E-state index is 0.162. The number of aryl methyl sites for hydroxylation is 1. The van der Waals surface area contributed by atoms with Gasteiger partial charge in [0.25, 0.3) is 5.69 Å². The van der Waals surface area contributed by atoms with Crippen LogP contribution >= 0.6 is 0 Å². The Bertz CT molecular complexity index is 1530. The van der Waals surface area contributed by atoms with Crippen LogP contribution in [0.5, 0.6) is 0 Å². The predicted octanol–water partition coefficient (Wildman–Crippen LogP) is 5.62. The zero-order chi connectivity index (χ0) is 27.0. The first-order valence-electron chi connectivity index (χ1n) is 12.3. The highest BCUT2D eigenvalue weighted by Crippen LogP contribution is 2.47. The van der Waals surface area contributed by atoms with Crippen molar-refractivity contribution in [3.05, 3.63) is 117 Å². The first-order valence-corrected chi connectivity index (χ1v) is 12.3. The van der Waals surface area contributed by atoms with Crippen LogP contribution < -0.4 is 4.90 Å². The van der Waals surface area contributed by atoms with Gasteiger partial charge in [-0.3, -0.25) is 24.6 Å². The number of benzene rings is 3. The highest BCUT2D eigenvalue weighted by Gasteiger charge is 2.45. The summed E-state index contributed by atoms with van der Waals surface area (Å²) in [4.78, 5) is 39.8. The number of nitrogens with zero attached hydrogens (tertiary/aromatic N) is 4. The molecule has 3 aromatic carbocycles. The number of ketones is 1. The smallest absolute Gasteiger partial charge is 0.270 e. The molecule has 1 aliphatic heterocycles. The lowest BCUT2D eigenvalue weighted by atomic mass is 9.74. The van der Waals surface area contributed by atoms with Gasteiger partial charge in [-0.15, -0.1) is 0 Å². The third-order valence-electron chi connectivity index (χ3n) is 6.96. The van der Waals surface area contributed by atoms with Crippen molar-refractivity contribution in [2.75, 3.05) is 11.4 Å². The second kappa shape index (κ2) is 10.0. The second-order valence-electron chi connectivity index (χ2n) is 9.22. The number of halogens is 1. The van der Waals surface area contributed by atoms with Crippen molar-refractivity contribution in [3.8, 4) is 5.69 Å². The molecule has 0 saturated carbocycles. The Morgan fingerprint density at radius 3 is 2.42 bits per heavy atom. The summed E-state index contributed by atoms with van der Waals surface area (Å²) < 4.78 is 15.6. The molecule has 5 rings (SSSR count). The normalized spacial score (nSPS) is 16.8. The van der Waals surface area contributed by atoms with Gasteiger partial charge < -0.3 is 0 Å². The number of rotatable bonds is 7. The highest BCUT2D eigenvalue weighted by atomic mass is 19.1. The zero-order valence-corrected chi connectivity index (χ0v) is 20.9. The fourth-order valence-electron chi connectivity index (χ4n) is 5.24. The largest absolute Gasteiger partial charge is 0.296 e. The number of anilines is 1. The summed E-state index contributed by atoms with van der Waals surface area (Å²) in [6, 6.07) is 20.9. The van der Waals surface area contributed by atoms with Gasteiger partial charge in [-0.1, -0.05) is 42.5 Å². The minimum atomic E-state index is -0.813. The summed E-state index contributed by atoms with van der Waals surface area (Å²) in [5, 5.41) is 16.0. The lowest BCUT2D eigenvalue weighted by molar-refractivity contribution is -0.384. The number of carbonyl (C=O) groups excluding carboxylic acids is 2. The summed E-state index contributed by atoms with van der Waals surface area (Å²) in [7, 11) is 0. The van der Waals surface area contributed by atoms with E-state index in [4.69, 9.17) is 5.10 Å². The summed E-state index contributed by atoms with van der Waals surface area (Å²) in [6.45, 7) is 4.07. The Balaban J connectivity index is 1.66. The quantitative estimate of drug-likeness (QED) is 0.182. The molecule has 192 valence electrons. The van der Waals surface area contributed by atoms with Crippen LogP contribution in [0.3, 0.4) is 0 Å². The standard InChI is InChI=1S/C29H25FN4O4/c1-3-32-28-26(18(2)31-33(28)22-9-5-4-6-10-22)27(19-12-14-21(30)15-13-19)24(29(32)36)17-25(35)20-8-7-11-23(16-20)34(37)38/h4-16,24,27H,3,17H2,1-2H3/t24-,27+/m0/s1. The van der Waals surface area contributed by atoms with E-state index in [1.54, 1.807) is 21.7 Å². The molecule has 38 heavy (non-hydrogen) atoms. The van der Waals surface area contributed by atoms with E-state index in [-0.39, 0.29) is 29.4 Å². The lowest BCUT2D eigenvalue weighted by Crippen LogP contribution is -2.45. The second-order valence-corrected chi connectivity index (χ2v) is 9.22. The molecule has 8 nitrogen and oxygen atoms in total. The molecule has 4 aromatic rings. The molecule has 0 N–H and O–H groups in total. The van der Waals surface area contributed by atoms with E-state index in [0.717, 1.165) is 11.3 Å². The number of para-hydroxylation sites is 1. The SMILES string of the molecule is CCN1C(=O)[C@@H](CC(=O)c2cccc([N+](=O)[O-])c2)[C@@H](c2ccc(F)cc2)c2c(C)nn(-c3ccccc3)c21. The number of hydrogen-bond acceptors (Lipinski definition) is 5. The van der Waals surface area contributed by atoms with E-state index in [0.29, 0.717) is 23.6 Å². The van der Waals surface area contributed by atoms with E-state index in [1.807, 2.05) is 44.2 Å². The number of nitro groups is 1. The number of aromatic nitrogens is 2. The van der Waals surface area contributed by atoms with Crippen molar-refractivity contribution >= 4 is 23.2 Å². The Morgan fingerprint density at radius 2 is 1.76 bits per heavy atom. The van der Waals surface area contributed by atoms with Gasteiger partial charge in [0.05, 0.1) is 22.2 Å². The predicted molar refractivity (Wildman–Crippen MR) is 140 cm³/mol. The van der Waals surface area contributed by atoms with E-state index >= 15 is 0 Å². The molecule has 0 aliphatic carbocycles. The van der Waals surface area contributed by atoms with E-state index < -0.39 is 22.6 Å². The maximum absolute atomic E-state index is 14.1. The minimum Gasteiger partial charge on any atom is -0.296 e. The molecule has 9 heteroatoms. The van der Waals surface area contributed by atoms with E-state index in [1.165, 1.54) is 36.4 Å². The van der Waals surface area contributed by atoms with Gasteiger partial charge in [-0.05, 0) is 43.7 Å². The number of Topliss-reactive ketones (excluding diaryl/α,β-unsaturated/α-hetero) is 1. The van der Waals surface area contributed by atoms with Crippen molar-refractivity contribution in [2.24, 2.45) is 5.92 Å². The van der Waals surface area contributed by atoms with Crippen LogP contribution in [0.4, 0.5) is 15.9 Å². The van der Waals surface area contributed by atoms with Gasteiger partial charge in [-0.25, -0.2) is 9.07 Å². The Hall–Kier alpha value is -4.66. The zero-order valence-electron chi connectivity index (χ0n) is 20.9. The topological polar surface area (TPSA) is 98.3 Å². The van der Waals surface area contributed by atoms with E-state index in [9.17, 15) is 24.1 Å². The van der Waals surface area contributed by atoms with Gasteiger partial charge in [0.2, 0.25) is 5.91 Å². The average Bonchev–Trinajstić information content (AvgIpc) is 3.26. The van der Waals surface area contributed by atoms with Crippen LogP contribution in [-0.2, 0) is 4.79 Å². The molecular weight excluding hydrogens is 487 g/mol. The van der Waals surface area contributed by atoms with Gasteiger partial charge in [0, 0.05) is 42.1 Å². The van der Waals surface area contributed by atoms with Crippen molar-refractivity contribution in [1.82, 2.24) is 9.78 Å². The monoisotopic (exact) mass is 512 g/mol. The Morgan fingerprint density at radius 1 is 1.05 bits per heavy atom. The summed E-state index contributed by atoms with van der Waals surface area (Å²) in [5.74, 6) is -1.81. The number of fused-ring (bicyclic) bond motifs is 1. The van der Waals surface area contributed by atoms with Gasteiger partial charge in [0.15, 0.2) is 5.78 Å². The molecule has 0 fully saturated rings. The fourth-order valence-corrected chi connectivity index (χ4v) is 5.24. The number of amides is 1.